The Morgan fingerprint density at radius 2 is 2.41 bits per heavy atom. The smallest absolute Gasteiger partial charge is 0.137 e. The lowest BCUT2D eigenvalue weighted by Crippen LogP contribution is -2.41. The Morgan fingerprint density at radius 3 is 2.94 bits per heavy atom. The highest BCUT2D eigenvalue weighted by atomic mass is 79.9. The van der Waals surface area contributed by atoms with E-state index in [1.807, 2.05) is 6.07 Å². The van der Waals surface area contributed by atoms with Crippen LogP contribution in [0.2, 0.25) is 0 Å². The average Bonchev–Trinajstić information content (AvgIpc) is 2.90. The first-order chi connectivity index (χ1) is 8.17. The van der Waals surface area contributed by atoms with Crippen molar-refractivity contribution in [1.82, 2.24) is 5.32 Å². The molecule has 0 spiro atoms. The molecule has 0 radical (unpaired) electrons. The topological polar surface area (TPSA) is 34.4 Å². The molecule has 4 heteroatoms. The van der Waals surface area contributed by atoms with E-state index in [-0.39, 0.29) is 11.6 Å². The van der Waals surface area contributed by atoms with E-state index in [4.69, 9.17) is 9.15 Å². The van der Waals surface area contributed by atoms with Crippen LogP contribution in [0.5, 0.6) is 0 Å². The molecule has 1 saturated heterocycles. The SMILES string of the molecule is CCCNC(c1occc1Br)C1(C)CCCO1. The number of hydrogen-bond donors (Lipinski definition) is 1. The van der Waals surface area contributed by atoms with Gasteiger partial charge < -0.3 is 14.5 Å². The summed E-state index contributed by atoms with van der Waals surface area (Å²) in [5, 5.41) is 3.55. The van der Waals surface area contributed by atoms with Gasteiger partial charge in [0.05, 0.1) is 22.4 Å². The number of hydrogen-bond acceptors (Lipinski definition) is 3. The largest absolute Gasteiger partial charge is 0.466 e. The van der Waals surface area contributed by atoms with Crippen molar-refractivity contribution in [3.8, 4) is 0 Å². The van der Waals surface area contributed by atoms with Crippen LogP contribution in [0.3, 0.4) is 0 Å². The Morgan fingerprint density at radius 1 is 1.59 bits per heavy atom. The van der Waals surface area contributed by atoms with E-state index < -0.39 is 0 Å². The Bertz CT molecular complexity index is 358. The second-order valence-corrected chi connectivity index (χ2v) is 5.64. The molecule has 1 fully saturated rings. The third kappa shape index (κ3) is 2.75. The summed E-state index contributed by atoms with van der Waals surface area (Å²) in [6.07, 6.45) is 5.02. The standard InChI is InChI=1S/C13H20BrNO2/c1-3-7-15-12(11-10(14)5-9-16-11)13(2)6-4-8-17-13/h5,9,12,15H,3-4,6-8H2,1-2H3. The highest BCUT2D eigenvalue weighted by Crippen LogP contribution is 2.40. The van der Waals surface area contributed by atoms with Crippen LogP contribution in [0, 0.1) is 0 Å². The fraction of sp³-hybridized carbons (Fsp3) is 0.692. The third-order valence-electron chi connectivity index (χ3n) is 3.37. The lowest BCUT2D eigenvalue weighted by atomic mass is 9.91. The van der Waals surface area contributed by atoms with Gasteiger partial charge in [0.15, 0.2) is 0 Å². The minimum atomic E-state index is -0.157. The zero-order chi connectivity index (χ0) is 12.3. The second kappa shape index (κ2) is 5.55. The summed E-state index contributed by atoms with van der Waals surface area (Å²) >= 11 is 3.54. The minimum absolute atomic E-state index is 0.120. The van der Waals surface area contributed by atoms with Crippen molar-refractivity contribution in [3.63, 3.8) is 0 Å². The van der Waals surface area contributed by atoms with Crippen molar-refractivity contribution in [1.29, 1.82) is 0 Å². The van der Waals surface area contributed by atoms with E-state index in [0.717, 1.165) is 42.6 Å². The maximum atomic E-state index is 5.94. The fourth-order valence-corrected chi connectivity index (χ4v) is 2.84. The van der Waals surface area contributed by atoms with Crippen molar-refractivity contribution in [2.45, 2.75) is 44.8 Å². The number of nitrogens with one attached hydrogen (secondary N) is 1. The molecule has 3 nitrogen and oxygen atoms in total. The quantitative estimate of drug-likeness (QED) is 0.901. The van der Waals surface area contributed by atoms with E-state index in [1.54, 1.807) is 6.26 Å². The van der Waals surface area contributed by atoms with Gasteiger partial charge in [0.25, 0.3) is 0 Å². The highest BCUT2D eigenvalue weighted by Gasteiger charge is 2.41. The van der Waals surface area contributed by atoms with Crippen LogP contribution < -0.4 is 5.32 Å². The molecule has 0 saturated carbocycles. The average molecular weight is 302 g/mol. The predicted molar refractivity (Wildman–Crippen MR) is 71.0 cm³/mol. The molecule has 1 N–H and O–H groups in total. The number of ether oxygens (including phenoxy) is 1. The van der Waals surface area contributed by atoms with Gasteiger partial charge in [-0.2, -0.15) is 0 Å². The Kier molecular flexibility index (Phi) is 4.28. The fourth-order valence-electron chi connectivity index (χ4n) is 2.41. The summed E-state index contributed by atoms with van der Waals surface area (Å²) in [5.74, 6) is 0.947. The van der Waals surface area contributed by atoms with E-state index in [9.17, 15) is 0 Å². The van der Waals surface area contributed by atoms with Gasteiger partial charge >= 0.3 is 0 Å². The number of rotatable bonds is 5. The second-order valence-electron chi connectivity index (χ2n) is 4.78. The zero-order valence-electron chi connectivity index (χ0n) is 10.5. The van der Waals surface area contributed by atoms with Crippen molar-refractivity contribution in [3.05, 3.63) is 22.6 Å². The molecule has 1 aliphatic rings. The van der Waals surface area contributed by atoms with Gasteiger partial charge in [0.2, 0.25) is 0 Å². The molecular formula is C13H20BrNO2. The molecule has 1 aliphatic heterocycles. The van der Waals surface area contributed by atoms with Gasteiger partial charge in [-0.05, 0) is 54.7 Å². The van der Waals surface area contributed by atoms with Crippen LogP contribution in [0.1, 0.15) is 44.9 Å². The summed E-state index contributed by atoms with van der Waals surface area (Å²) < 4.78 is 12.6. The predicted octanol–water partition coefficient (Wildman–Crippen LogP) is 3.65. The van der Waals surface area contributed by atoms with E-state index in [0.29, 0.717) is 0 Å². The van der Waals surface area contributed by atoms with Crippen molar-refractivity contribution < 1.29 is 9.15 Å². The van der Waals surface area contributed by atoms with Crippen LogP contribution in [0.15, 0.2) is 21.2 Å². The molecule has 0 aliphatic carbocycles. The summed E-state index contributed by atoms with van der Waals surface area (Å²) in [4.78, 5) is 0. The van der Waals surface area contributed by atoms with Crippen LogP contribution >= 0.6 is 15.9 Å². The molecular weight excluding hydrogens is 282 g/mol. The van der Waals surface area contributed by atoms with Crippen molar-refractivity contribution in [2.75, 3.05) is 13.2 Å². The van der Waals surface area contributed by atoms with Gasteiger partial charge in [-0.1, -0.05) is 6.92 Å². The first kappa shape index (κ1) is 13.1. The lowest BCUT2D eigenvalue weighted by molar-refractivity contribution is -0.0183. The highest BCUT2D eigenvalue weighted by molar-refractivity contribution is 9.10. The first-order valence-corrected chi connectivity index (χ1v) is 7.07. The molecule has 0 amide bonds. The minimum Gasteiger partial charge on any atom is -0.466 e. The summed E-state index contributed by atoms with van der Waals surface area (Å²) in [7, 11) is 0. The maximum absolute atomic E-state index is 5.94. The molecule has 2 atom stereocenters. The van der Waals surface area contributed by atoms with Crippen molar-refractivity contribution >= 4 is 15.9 Å². The van der Waals surface area contributed by atoms with Gasteiger partial charge in [-0.15, -0.1) is 0 Å². The lowest BCUT2D eigenvalue weighted by Gasteiger charge is -2.33. The molecule has 0 bridgehead atoms. The van der Waals surface area contributed by atoms with Crippen LogP contribution in [-0.4, -0.2) is 18.8 Å². The van der Waals surface area contributed by atoms with E-state index in [1.165, 1.54) is 0 Å². The summed E-state index contributed by atoms with van der Waals surface area (Å²) in [6.45, 7) is 6.15. The molecule has 2 unspecified atom stereocenters. The van der Waals surface area contributed by atoms with E-state index >= 15 is 0 Å². The Labute approximate surface area is 111 Å². The number of furan rings is 1. The van der Waals surface area contributed by atoms with Crippen LogP contribution in [0.4, 0.5) is 0 Å². The Balaban J connectivity index is 2.21. The van der Waals surface area contributed by atoms with Gasteiger partial charge in [-0.3, -0.25) is 0 Å². The van der Waals surface area contributed by atoms with E-state index in [2.05, 4.69) is 35.1 Å². The maximum Gasteiger partial charge on any atom is 0.137 e. The first-order valence-electron chi connectivity index (χ1n) is 6.27. The molecule has 1 aromatic rings. The summed E-state index contributed by atoms with van der Waals surface area (Å²) in [5.41, 5.74) is -0.157. The van der Waals surface area contributed by atoms with Gasteiger partial charge in [-0.25, -0.2) is 0 Å². The van der Waals surface area contributed by atoms with Crippen LogP contribution in [-0.2, 0) is 4.74 Å². The molecule has 17 heavy (non-hydrogen) atoms. The summed E-state index contributed by atoms with van der Waals surface area (Å²) in [6, 6.07) is 2.06. The number of halogens is 1. The molecule has 2 rings (SSSR count). The van der Waals surface area contributed by atoms with Crippen LogP contribution in [0.25, 0.3) is 0 Å². The van der Waals surface area contributed by atoms with Gasteiger partial charge in [0, 0.05) is 6.61 Å². The Hall–Kier alpha value is -0.320. The normalized spacial score (nSPS) is 26.3. The molecule has 96 valence electrons. The molecule has 0 aromatic carbocycles. The molecule has 2 heterocycles. The van der Waals surface area contributed by atoms with Gasteiger partial charge in [0.1, 0.15) is 5.76 Å². The third-order valence-corrected chi connectivity index (χ3v) is 4.02. The monoisotopic (exact) mass is 301 g/mol. The molecule has 1 aromatic heterocycles. The van der Waals surface area contributed by atoms with Crippen molar-refractivity contribution in [2.24, 2.45) is 0 Å². The zero-order valence-corrected chi connectivity index (χ0v) is 12.0.